The second-order valence-electron chi connectivity index (χ2n) is 4.20. The maximum atomic E-state index is 5.48. The van der Waals surface area contributed by atoms with Gasteiger partial charge in [-0.1, -0.05) is 13.8 Å². The molecule has 0 aliphatic heterocycles. The lowest BCUT2D eigenvalue weighted by Crippen LogP contribution is -2.67. The molecule has 66 valence electrons. The van der Waals surface area contributed by atoms with Crippen molar-refractivity contribution >= 4 is 0 Å². The first kappa shape index (κ1) is 9.01. The lowest BCUT2D eigenvalue weighted by Gasteiger charge is -2.59. The molecule has 0 saturated heterocycles. The van der Waals surface area contributed by atoms with Gasteiger partial charge in [0.25, 0.3) is 0 Å². The molecule has 1 saturated carbocycles. The minimum absolute atomic E-state index is 0.0701. The van der Waals surface area contributed by atoms with E-state index >= 15 is 0 Å². The Morgan fingerprint density at radius 1 is 1.36 bits per heavy atom. The molecule has 2 nitrogen and oxygen atoms in total. The van der Waals surface area contributed by atoms with Crippen molar-refractivity contribution in [2.24, 2.45) is 5.41 Å². The molecule has 1 aliphatic carbocycles. The number of nitrogens with one attached hydrogen (secondary N) is 1. The van der Waals surface area contributed by atoms with E-state index in [4.69, 9.17) is 4.74 Å². The molecule has 2 atom stereocenters. The Morgan fingerprint density at radius 2 is 1.91 bits per heavy atom. The van der Waals surface area contributed by atoms with Crippen LogP contribution in [0.15, 0.2) is 0 Å². The van der Waals surface area contributed by atoms with E-state index in [2.05, 4.69) is 26.1 Å². The minimum atomic E-state index is 0.0701. The molecule has 0 bridgehead atoms. The second-order valence-corrected chi connectivity index (χ2v) is 4.20. The van der Waals surface area contributed by atoms with E-state index in [0.717, 1.165) is 6.42 Å². The van der Waals surface area contributed by atoms with Crippen LogP contribution in [0.25, 0.3) is 0 Å². The Hall–Kier alpha value is -0.0800. The van der Waals surface area contributed by atoms with Gasteiger partial charge in [-0.25, -0.2) is 0 Å². The van der Waals surface area contributed by atoms with Crippen molar-refractivity contribution in [3.63, 3.8) is 0 Å². The number of ether oxygens (including phenoxy) is 1. The largest absolute Gasteiger partial charge is 0.378 e. The van der Waals surface area contributed by atoms with Gasteiger partial charge < -0.3 is 10.1 Å². The highest BCUT2D eigenvalue weighted by atomic mass is 16.5. The lowest BCUT2D eigenvalue weighted by molar-refractivity contribution is -0.179. The molecular weight excluding hydrogens is 138 g/mol. The number of methoxy groups -OCH3 is 1. The lowest BCUT2D eigenvalue weighted by atomic mass is 9.56. The molecular formula is C9H19NO. The zero-order chi connectivity index (χ0) is 8.70. The Kier molecular flexibility index (Phi) is 2.01. The monoisotopic (exact) mass is 157 g/mol. The average Bonchev–Trinajstić information content (AvgIpc) is 1.99. The molecule has 0 amide bonds. The van der Waals surface area contributed by atoms with Gasteiger partial charge in [-0.3, -0.25) is 0 Å². The highest BCUT2D eigenvalue weighted by molar-refractivity contribution is 5.10. The van der Waals surface area contributed by atoms with Gasteiger partial charge in [0.05, 0.1) is 5.60 Å². The van der Waals surface area contributed by atoms with Gasteiger partial charge in [0, 0.05) is 18.6 Å². The third kappa shape index (κ3) is 1.00. The summed E-state index contributed by atoms with van der Waals surface area (Å²) in [5.74, 6) is 0. The van der Waals surface area contributed by atoms with Gasteiger partial charge in [-0.2, -0.15) is 0 Å². The van der Waals surface area contributed by atoms with Crippen LogP contribution in [0.4, 0.5) is 0 Å². The molecule has 0 unspecified atom stereocenters. The van der Waals surface area contributed by atoms with Crippen LogP contribution in [0.5, 0.6) is 0 Å². The molecule has 1 aliphatic rings. The molecule has 0 aromatic rings. The predicted octanol–water partition coefficient (Wildman–Crippen LogP) is 1.41. The molecule has 2 heteroatoms. The molecule has 0 aromatic heterocycles. The fourth-order valence-corrected chi connectivity index (χ4v) is 1.95. The topological polar surface area (TPSA) is 21.3 Å². The molecule has 1 fully saturated rings. The van der Waals surface area contributed by atoms with E-state index in [-0.39, 0.29) is 11.0 Å². The van der Waals surface area contributed by atoms with E-state index < -0.39 is 0 Å². The third-order valence-electron chi connectivity index (χ3n) is 3.63. The van der Waals surface area contributed by atoms with Crippen molar-refractivity contribution in [3.05, 3.63) is 0 Å². The second kappa shape index (κ2) is 2.46. The van der Waals surface area contributed by atoms with Gasteiger partial charge >= 0.3 is 0 Å². The van der Waals surface area contributed by atoms with Crippen LogP contribution in [-0.4, -0.2) is 25.8 Å². The van der Waals surface area contributed by atoms with Crippen LogP contribution in [-0.2, 0) is 4.74 Å². The summed E-state index contributed by atoms with van der Waals surface area (Å²) in [6.45, 7) is 6.68. The summed E-state index contributed by atoms with van der Waals surface area (Å²) < 4.78 is 5.48. The third-order valence-corrected chi connectivity index (χ3v) is 3.63. The summed E-state index contributed by atoms with van der Waals surface area (Å²) in [4.78, 5) is 0. The molecule has 11 heavy (non-hydrogen) atoms. The zero-order valence-electron chi connectivity index (χ0n) is 8.19. The van der Waals surface area contributed by atoms with Crippen LogP contribution in [0.2, 0.25) is 0 Å². The van der Waals surface area contributed by atoms with Crippen molar-refractivity contribution in [2.75, 3.05) is 14.2 Å². The fourth-order valence-electron chi connectivity index (χ4n) is 1.95. The van der Waals surface area contributed by atoms with E-state index in [1.807, 2.05) is 7.05 Å². The average molecular weight is 157 g/mol. The van der Waals surface area contributed by atoms with Gasteiger partial charge in [0.2, 0.25) is 0 Å². The summed E-state index contributed by atoms with van der Waals surface area (Å²) in [6, 6.07) is 0.604. The molecule has 1 N–H and O–H groups in total. The highest BCUT2D eigenvalue weighted by Crippen LogP contribution is 2.51. The van der Waals surface area contributed by atoms with Crippen molar-refractivity contribution in [1.82, 2.24) is 5.32 Å². The maximum absolute atomic E-state index is 5.48. The first-order chi connectivity index (χ1) is 4.98. The van der Waals surface area contributed by atoms with E-state index in [1.54, 1.807) is 7.11 Å². The zero-order valence-corrected chi connectivity index (χ0v) is 8.19. The minimum Gasteiger partial charge on any atom is -0.378 e. The number of hydrogen-bond acceptors (Lipinski definition) is 2. The van der Waals surface area contributed by atoms with Gasteiger partial charge in [-0.15, -0.1) is 0 Å². The molecule has 1 rings (SSSR count). The molecule has 0 spiro atoms. The summed E-state index contributed by atoms with van der Waals surface area (Å²) in [6.07, 6.45) is 1.12. The molecule has 0 heterocycles. The smallest absolute Gasteiger partial charge is 0.0731 e. The summed E-state index contributed by atoms with van der Waals surface area (Å²) in [7, 11) is 3.81. The standard InChI is InChI=1S/C9H19NO/c1-8(2)7(10-4)6-9(8,3)11-5/h7,10H,6H2,1-5H3/t7-,9+/m0/s1. The van der Waals surface area contributed by atoms with E-state index in [0.29, 0.717) is 6.04 Å². The van der Waals surface area contributed by atoms with Crippen molar-refractivity contribution in [2.45, 2.75) is 38.8 Å². The summed E-state index contributed by atoms with van der Waals surface area (Å²) in [5.41, 5.74) is 0.331. The maximum Gasteiger partial charge on any atom is 0.0731 e. The van der Waals surface area contributed by atoms with Crippen LogP contribution in [0.1, 0.15) is 27.2 Å². The van der Waals surface area contributed by atoms with Gasteiger partial charge in [0.1, 0.15) is 0 Å². The molecule has 0 aromatic carbocycles. The van der Waals surface area contributed by atoms with Crippen LogP contribution >= 0.6 is 0 Å². The predicted molar refractivity (Wildman–Crippen MR) is 46.7 cm³/mol. The van der Waals surface area contributed by atoms with Crippen molar-refractivity contribution < 1.29 is 4.74 Å². The number of rotatable bonds is 2. The van der Waals surface area contributed by atoms with E-state index in [9.17, 15) is 0 Å². The first-order valence-electron chi connectivity index (χ1n) is 4.20. The van der Waals surface area contributed by atoms with Crippen LogP contribution < -0.4 is 5.32 Å². The van der Waals surface area contributed by atoms with Crippen LogP contribution in [0, 0.1) is 5.41 Å². The fraction of sp³-hybridized carbons (Fsp3) is 1.00. The Balaban J connectivity index is 2.67. The Morgan fingerprint density at radius 3 is 2.18 bits per heavy atom. The summed E-state index contributed by atoms with van der Waals surface area (Å²) >= 11 is 0. The first-order valence-corrected chi connectivity index (χ1v) is 4.20. The quantitative estimate of drug-likeness (QED) is 0.654. The van der Waals surface area contributed by atoms with Gasteiger partial charge in [0.15, 0.2) is 0 Å². The highest BCUT2D eigenvalue weighted by Gasteiger charge is 2.56. The molecule has 0 radical (unpaired) electrons. The van der Waals surface area contributed by atoms with E-state index in [1.165, 1.54) is 0 Å². The Labute approximate surface area is 69.3 Å². The van der Waals surface area contributed by atoms with Gasteiger partial charge in [-0.05, 0) is 20.4 Å². The Bertz CT molecular complexity index is 156. The summed E-state index contributed by atoms with van der Waals surface area (Å²) in [5, 5.41) is 3.30. The number of hydrogen-bond donors (Lipinski definition) is 1. The van der Waals surface area contributed by atoms with Crippen LogP contribution in [0.3, 0.4) is 0 Å². The SMILES string of the molecule is CN[C@H]1C[C@@](C)(OC)C1(C)C. The normalized spacial score (nSPS) is 41.7. The van der Waals surface area contributed by atoms with Crippen molar-refractivity contribution in [1.29, 1.82) is 0 Å². The van der Waals surface area contributed by atoms with Crippen molar-refractivity contribution in [3.8, 4) is 0 Å².